The predicted molar refractivity (Wildman–Crippen MR) is 76.8 cm³/mol. The number of aromatic nitrogens is 1. The third-order valence-corrected chi connectivity index (χ3v) is 3.46. The number of nitrogens with zero attached hydrogens (tertiary/aromatic N) is 1. The zero-order chi connectivity index (χ0) is 14.0. The second kappa shape index (κ2) is 5.57. The molecule has 0 aliphatic rings. The summed E-state index contributed by atoms with van der Waals surface area (Å²) in [6.45, 7) is 4.23. The van der Waals surface area contributed by atoms with E-state index in [2.05, 4.69) is 18.8 Å². The van der Waals surface area contributed by atoms with Gasteiger partial charge in [0.05, 0.1) is 5.52 Å². The maximum Gasteiger partial charge on any atom is 0.303 e. The van der Waals surface area contributed by atoms with E-state index >= 15 is 0 Å². The molecule has 0 saturated carbocycles. The molecule has 2 aromatic rings. The minimum Gasteiger partial charge on any atom is -0.481 e. The summed E-state index contributed by atoms with van der Waals surface area (Å²) in [6, 6.07) is 7.97. The molecule has 2 rings (SSSR count). The molecule has 0 bridgehead atoms. The Labute approximate surface area is 117 Å². The highest BCUT2D eigenvalue weighted by Crippen LogP contribution is 2.27. The van der Waals surface area contributed by atoms with Gasteiger partial charge in [0.1, 0.15) is 5.15 Å². The molecule has 0 aliphatic carbocycles. The van der Waals surface area contributed by atoms with E-state index in [-0.39, 0.29) is 6.42 Å². The standard InChI is InChI=1S/C15H16ClNO2/c1-9(2)12-5-3-4-10-8-11(6-7-13(18)19)15(16)17-14(10)12/h3-5,8-9H,6-7H2,1-2H3,(H,18,19). The first kappa shape index (κ1) is 13.8. The molecule has 0 unspecified atom stereocenters. The van der Waals surface area contributed by atoms with E-state index in [0.29, 0.717) is 17.5 Å². The normalized spacial score (nSPS) is 11.2. The molecular weight excluding hydrogens is 262 g/mol. The molecule has 0 aliphatic heterocycles. The van der Waals surface area contributed by atoms with Crippen LogP contribution in [0.25, 0.3) is 10.9 Å². The number of carboxylic acid groups (broad SMARTS) is 1. The summed E-state index contributed by atoms with van der Waals surface area (Å²) in [4.78, 5) is 15.1. The molecule has 0 saturated heterocycles. The molecule has 0 spiro atoms. The fraction of sp³-hybridized carbons (Fsp3) is 0.333. The highest BCUT2D eigenvalue weighted by atomic mass is 35.5. The van der Waals surface area contributed by atoms with E-state index in [1.165, 1.54) is 0 Å². The topological polar surface area (TPSA) is 50.2 Å². The molecule has 1 N–H and O–H groups in total. The van der Waals surface area contributed by atoms with E-state index in [9.17, 15) is 4.79 Å². The summed E-state index contributed by atoms with van der Waals surface area (Å²) in [6.07, 6.45) is 0.472. The SMILES string of the molecule is CC(C)c1cccc2cc(CCC(=O)O)c(Cl)nc12. The van der Waals surface area contributed by atoms with Crippen LogP contribution in [0.5, 0.6) is 0 Å². The van der Waals surface area contributed by atoms with Crippen molar-refractivity contribution >= 4 is 28.5 Å². The average Bonchev–Trinajstić information content (AvgIpc) is 2.35. The Morgan fingerprint density at radius 2 is 2.16 bits per heavy atom. The summed E-state index contributed by atoms with van der Waals surface area (Å²) in [5, 5.41) is 10.1. The van der Waals surface area contributed by atoms with E-state index in [1.807, 2.05) is 24.3 Å². The number of hydrogen-bond donors (Lipinski definition) is 1. The van der Waals surface area contributed by atoms with Gasteiger partial charge in [-0.1, -0.05) is 43.6 Å². The molecule has 0 amide bonds. The van der Waals surface area contributed by atoms with Gasteiger partial charge >= 0.3 is 5.97 Å². The highest BCUT2D eigenvalue weighted by molar-refractivity contribution is 6.30. The zero-order valence-corrected chi connectivity index (χ0v) is 11.7. The van der Waals surface area contributed by atoms with Gasteiger partial charge in [-0.05, 0) is 29.5 Å². The Bertz CT molecular complexity index is 623. The van der Waals surface area contributed by atoms with Crippen LogP contribution in [0.4, 0.5) is 0 Å². The Hall–Kier alpha value is -1.61. The van der Waals surface area contributed by atoms with Gasteiger partial charge in [-0.3, -0.25) is 4.79 Å². The van der Waals surface area contributed by atoms with Crippen molar-refractivity contribution < 1.29 is 9.90 Å². The van der Waals surface area contributed by atoms with Crippen LogP contribution in [0.2, 0.25) is 5.15 Å². The lowest BCUT2D eigenvalue weighted by Gasteiger charge is -2.11. The number of para-hydroxylation sites is 1. The Balaban J connectivity index is 2.49. The molecule has 0 radical (unpaired) electrons. The molecule has 3 nitrogen and oxygen atoms in total. The van der Waals surface area contributed by atoms with Gasteiger partial charge in [-0.25, -0.2) is 4.98 Å². The molecule has 1 aromatic carbocycles. The Kier molecular flexibility index (Phi) is 4.05. The van der Waals surface area contributed by atoms with Gasteiger partial charge in [0, 0.05) is 11.8 Å². The van der Waals surface area contributed by atoms with Crippen molar-refractivity contribution in [3.63, 3.8) is 0 Å². The van der Waals surface area contributed by atoms with E-state index in [1.54, 1.807) is 0 Å². The molecule has 0 atom stereocenters. The van der Waals surface area contributed by atoms with Crippen molar-refractivity contribution in [3.8, 4) is 0 Å². The van der Waals surface area contributed by atoms with Gasteiger partial charge in [0.25, 0.3) is 0 Å². The smallest absolute Gasteiger partial charge is 0.303 e. The van der Waals surface area contributed by atoms with E-state index in [0.717, 1.165) is 22.0 Å². The van der Waals surface area contributed by atoms with Crippen LogP contribution in [0.1, 0.15) is 37.3 Å². The summed E-state index contributed by atoms with van der Waals surface area (Å²) in [7, 11) is 0. The van der Waals surface area contributed by atoms with E-state index in [4.69, 9.17) is 16.7 Å². The van der Waals surface area contributed by atoms with Crippen molar-refractivity contribution in [1.82, 2.24) is 4.98 Å². The molecule has 4 heteroatoms. The van der Waals surface area contributed by atoms with Crippen LogP contribution in [0.15, 0.2) is 24.3 Å². The minimum atomic E-state index is -0.827. The monoisotopic (exact) mass is 277 g/mol. The molecule has 0 fully saturated rings. The molecule has 1 heterocycles. The number of halogens is 1. The number of aliphatic carboxylic acids is 1. The summed E-state index contributed by atoms with van der Waals surface area (Å²) in [5.74, 6) is -0.454. The van der Waals surface area contributed by atoms with Crippen LogP contribution in [-0.2, 0) is 11.2 Å². The molecular formula is C15H16ClNO2. The molecule has 1 aromatic heterocycles. The predicted octanol–water partition coefficient (Wildman–Crippen LogP) is 4.03. The average molecular weight is 278 g/mol. The third-order valence-electron chi connectivity index (χ3n) is 3.13. The Morgan fingerprint density at radius 3 is 2.79 bits per heavy atom. The number of rotatable bonds is 4. The van der Waals surface area contributed by atoms with Crippen molar-refractivity contribution in [2.24, 2.45) is 0 Å². The largest absolute Gasteiger partial charge is 0.481 e. The second-order valence-corrected chi connectivity index (χ2v) is 5.26. The van der Waals surface area contributed by atoms with Gasteiger partial charge in [-0.2, -0.15) is 0 Å². The number of carbonyl (C=O) groups is 1. The van der Waals surface area contributed by atoms with Gasteiger partial charge in [0.2, 0.25) is 0 Å². The summed E-state index contributed by atoms with van der Waals surface area (Å²) >= 11 is 6.16. The van der Waals surface area contributed by atoms with Crippen molar-refractivity contribution in [2.75, 3.05) is 0 Å². The second-order valence-electron chi connectivity index (χ2n) is 4.91. The van der Waals surface area contributed by atoms with Crippen molar-refractivity contribution in [2.45, 2.75) is 32.6 Å². The van der Waals surface area contributed by atoms with Crippen LogP contribution in [0, 0.1) is 0 Å². The number of hydrogen-bond acceptors (Lipinski definition) is 2. The van der Waals surface area contributed by atoms with Crippen LogP contribution in [0.3, 0.4) is 0 Å². The molecule has 19 heavy (non-hydrogen) atoms. The first-order valence-corrected chi connectivity index (χ1v) is 6.66. The zero-order valence-electron chi connectivity index (χ0n) is 11.0. The van der Waals surface area contributed by atoms with Gasteiger partial charge in [-0.15, -0.1) is 0 Å². The maximum atomic E-state index is 10.6. The van der Waals surface area contributed by atoms with Crippen LogP contribution in [-0.4, -0.2) is 16.1 Å². The van der Waals surface area contributed by atoms with Crippen LogP contribution < -0.4 is 0 Å². The first-order valence-electron chi connectivity index (χ1n) is 6.29. The fourth-order valence-corrected chi connectivity index (χ4v) is 2.36. The highest BCUT2D eigenvalue weighted by Gasteiger charge is 2.11. The fourth-order valence-electron chi connectivity index (χ4n) is 2.13. The summed E-state index contributed by atoms with van der Waals surface area (Å²) in [5.41, 5.74) is 2.85. The summed E-state index contributed by atoms with van der Waals surface area (Å²) < 4.78 is 0. The first-order chi connectivity index (χ1) is 8.99. The minimum absolute atomic E-state index is 0.0662. The lowest BCUT2D eigenvalue weighted by Crippen LogP contribution is -2.00. The molecule has 100 valence electrons. The third kappa shape index (κ3) is 3.04. The van der Waals surface area contributed by atoms with Gasteiger partial charge < -0.3 is 5.11 Å². The van der Waals surface area contributed by atoms with Crippen molar-refractivity contribution in [1.29, 1.82) is 0 Å². The van der Waals surface area contributed by atoms with E-state index < -0.39 is 5.97 Å². The maximum absolute atomic E-state index is 10.6. The van der Waals surface area contributed by atoms with Crippen LogP contribution >= 0.6 is 11.6 Å². The number of benzene rings is 1. The quantitative estimate of drug-likeness (QED) is 0.859. The number of carboxylic acids is 1. The lowest BCUT2D eigenvalue weighted by molar-refractivity contribution is -0.136. The Morgan fingerprint density at radius 1 is 1.42 bits per heavy atom. The van der Waals surface area contributed by atoms with Crippen molar-refractivity contribution in [3.05, 3.63) is 40.5 Å². The lowest BCUT2D eigenvalue weighted by atomic mass is 9.98. The number of fused-ring (bicyclic) bond motifs is 1. The van der Waals surface area contributed by atoms with Gasteiger partial charge in [0.15, 0.2) is 0 Å². The number of pyridine rings is 1. The number of aryl methyl sites for hydroxylation is 1.